The van der Waals surface area contributed by atoms with Gasteiger partial charge >= 0.3 is 0 Å². The second kappa shape index (κ2) is 7.70. The first-order chi connectivity index (χ1) is 11.0. The largest absolute Gasteiger partial charge is 0.396 e. The number of aliphatic hydroxyl groups excluding tert-OH is 1. The number of benzene rings is 2. The average Bonchev–Trinajstić information content (AvgIpc) is 2.55. The molecule has 0 saturated carbocycles. The minimum Gasteiger partial charge on any atom is -0.396 e. The third kappa shape index (κ3) is 4.27. The molecule has 0 spiro atoms. The molecule has 1 atom stereocenters. The van der Waals surface area contributed by atoms with Crippen molar-refractivity contribution in [1.29, 1.82) is 0 Å². The highest BCUT2D eigenvalue weighted by Gasteiger charge is 2.18. The fraction of sp³-hybridized carbons (Fsp3) is 0.263. The monoisotopic (exact) mass is 311 g/mol. The quantitative estimate of drug-likeness (QED) is 0.806. The van der Waals surface area contributed by atoms with Gasteiger partial charge < -0.3 is 10.4 Å². The van der Waals surface area contributed by atoms with Crippen molar-refractivity contribution in [1.82, 2.24) is 5.32 Å². The van der Waals surface area contributed by atoms with Crippen molar-refractivity contribution in [2.75, 3.05) is 6.61 Å². The van der Waals surface area contributed by atoms with E-state index in [9.17, 15) is 9.59 Å². The summed E-state index contributed by atoms with van der Waals surface area (Å²) < 4.78 is 0. The van der Waals surface area contributed by atoms with Crippen molar-refractivity contribution in [2.24, 2.45) is 0 Å². The molecule has 2 aromatic carbocycles. The molecule has 0 fully saturated rings. The van der Waals surface area contributed by atoms with Crippen LogP contribution in [-0.2, 0) is 0 Å². The molecule has 0 radical (unpaired) electrons. The summed E-state index contributed by atoms with van der Waals surface area (Å²) in [6.07, 6.45) is 0.472. The Morgan fingerprint density at radius 3 is 2.26 bits per heavy atom. The van der Waals surface area contributed by atoms with E-state index < -0.39 is 0 Å². The molecule has 0 aliphatic carbocycles. The highest BCUT2D eigenvalue weighted by Crippen LogP contribution is 2.16. The Kier molecular flexibility index (Phi) is 5.66. The SMILES string of the molecule is Cc1ccc(C(=O)c2ccccc2C(=O)NC(C)CCO)cc1. The van der Waals surface area contributed by atoms with Gasteiger partial charge in [0.15, 0.2) is 5.78 Å². The average molecular weight is 311 g/mol. The van der Waals surface area contributed by atoms with Gasteiger partial charge in [0.2, 0.25) is 0 Å². The van der Waals surface area contributed by atoms with Crippen LogP contribution in [0.1, 0.15) is 45.2 Å². The molecule has 2 aromatic rings. The van der Waals surface area contributed by atoms with Crippen LogP contribution in [0.15, 0.2) is 48.5 Å². The van der Waals surface area contributed by atoms with Crippen LogP contribution >= 0.6 is 0 Å². The van der Waals surface area contributed by atoms with Crippen LogP contribution in [0.2, 0.25) is 0 Å². The second-order valence-electron chi connectivity index (χ2n) is 5.63. The van der Waals surface area contributed by atoms with E-state index in [-0.39, 0.29) is 24.3 Å². The van der Waals surface area contributed by atoms with Crippen LogP contribution in [0.4, 0.5) is 0 Å². The fourth-order valence-electron chi connectivity index (χ4n) is 2.31. The highest BCUT2D eigenvalue weighted by atomic mass is 16.3. The molecule has 0 saturated heterocycles. The van der Waals surface area contributed by atoms with Crippen molar-refractivity contribution in [3.8, 4) is 0 Å². The Balaban J connectivity index is 2.28. The zero-order chi connectivity index (χ0) is 16.8. The lowest BCUT2D eigenvalue weighted by Gasteiger charge is -2.14. The first-order valence-electron chi connectivity index (χ1n) is 7.65. The van der Waals surface area contributed by atoms with Gasteiger partial charge in [0.1, 0.15) is 0 Å². The molecule has 0 aromatic heterocycles. The maximum absolute atomic E-state index is 12.7. The van der Waals surface area contributed by atoms with Crippen LogP contribution in [0.5, 0.6) is 0 Å². The number of carbonyl (C=O) groups excluding carboxylic acids is 2. The summed E-state index contributed by atoms with van der Waals surface area (Å²) in [5, 5.41) is 11.7. The van der Waals surface area contributed by atoms with Gasteiger partial charge in [0.05, 0.1) is 5.56 Å². The van der Waals surface area contributed by atoms with Gasteiger partial charge in [-0.05, 0) is 26.3 Å². The lowest BCUT2D eigenvalue weighted by Crippen LogP contribution is -2.34. The number of rotatable bonds is 6. The number of hydrogen-bond acceptors (Lipinski definition) is 3. The Labute approximate surface area is 136 Å². The Morgan fingerprint density at radius 2 is 1.65 bits per heavy atom. The normalized spacial score (nSPS) is 11.8. The molecule has 23 heavy (non-hydrogen) atoms. The second-order valence-corrected chi connectivity index (χ2v) is 5.63. The number of ketones is 1. The smallest absolute Gasteiger partial charge is 0.252 e. The Morgan fingerprint density at radius 1 is 1.04 bits per heavy atom. The fourth-order valence-corrected chi connectivity index (χ4v) is 2.31. The van der Waals surface area contributed by atoms with Crippen molar-refractivity contribution in [2.45, 2.75) is 26.3 Å². The Hall–Kier alpha value is -2.46. The number of aryl methyl sites for hydroxylation is 1. The zero-order valence-electron chi connectivity index (χ0n) is 13.4. The van der Waals surface area contributed by atoms with Crippen LogP contribution in [0.25, 0.3) is 0 Å². The number of aliphatic hydroxyl groups is 1. The minimum absolute atomic E-state index is 0.00535. The van der Waals surface area contributed by atoms with Crippen molar-refractivity contribution in [3.05, 3.63) is 70.8 Å². The molecule has 0 heterocycles. The van der Waals surface area contributed by atoms with Crippen LogP contribution in [0, 0.1) is 6.92 Å². The van der Waals surface area contributed by atoms with Crippen molar-refractivity contribution in [3.63, 3.8) is 0 Å². The molecule has 4 nitrogen and oxygen atoms in total. The molecule has 0 bridgehead atoms. The van der Waals surface area contributed by atoms with E-state index in [4.69, 9.17) is 5.11 Å². The molecule has 1 unspecified atom stereocenters. The summed E-state index contributed by atoms with van der Waals surface area (Å²) >= 11 is 0. The molecular formula is C19H21NO3. The van der Waals surface area contributed by atoms with E-state index in [1.807, 2.05) is 26.0 Å². The number of nitrogens with one attached hydrogen (secondary N) is 1. The lowest BCUT2D eigenvalue weighted by atomic mass is 9.97. The zero-order valence-corrected chi connectivity index (χ0v) is 13.4. The van der Waals surface area contributed by atoms with E-state index >= 15 is 0 Å². The molecule has 2 rings (SSSR count). The third-order valence-corrected chi connectivity index (χ3v) is 3.67. The van der Waals surface area contributed by atoms with Gasteiger partial charge in [-0.1, -0.05) is 48.0 Å². The van der Waals surface area contributed by atoms with Crippen LogP contribution in [-0.4, -0.2) is 29.4 Å². The van der Waals surface area contributed by atoms with Crippen molar-refractivity contribution >= 4 is 11.7 Å². The summed E-state index contributed by atoms with van der Waals surface area (Å²) in [4.78, 5) is 25.1. The van der Waals surface area contributed by atoms with Gasteiger partial charge in [-0.2, -0.15) is 0 Å². The van der Waals surface area contributed by atoms with Gasteiger partial charge in [0.25, 0.3) is 5.91 Å². The van der Waals surface area contributed by atoms with Gasteiger partial charge in [-0.3, -0.25) is 9.59 Å². The molecule has 120 valence electrons. The predicted octanol–water partition coefficient (Wildman–Crippen LogP) is 2.73. The minimum atomic E-state index is -0.304. The first kappa shape index (κ1) is 16.9. The van der Waals surface area contributed by atoms with Gasteiger partial charge in [-0.25, -0.2) is 0 Å². The summed E-state index contributed by atoms with van der Waals surface area (Å²) in [6, 6.07) is 13.9. The predicted molar refractivity (Wildman–Crippen MR) is 89.7 cm³/mol. The molecule has 4 heteroatoms. The maximum atomic E-state index is 12.7. The maximum Gasteiger partial charge on any atom is 0.252 e. The molecular weight excluding hydrogens is 290 g/mol. The summed E-state index contributed by atoms with van der Waals surface area (Å²) in [6.45, 7) is 3.78. The van der Waals surface area contributed by atoms with Crippen LogP contribution in [0.3, 0.4) is 0 Å². The molecule has 2 N–H and O–H groups in total. The third-order valence-electron chi connectivity index (χ3n) is 3.67. The number of hydrogen-bond donors (Lipinski definition) is 2. The molecule has 1 amide bonds. The lowest BCUT2D eigenvalue weighted by molar-refractivity contribution is 0.0924. The number of amides is 1. The first-order valence-corrected chi connectivity index (χ1v) is 7.65. The molecule has 0 aliphatic heterocycles. The standard InChI is InChI=1S/C19H21NO3/c1-13-7-9-15(10-8-13)18(22)16-5-3-4-6-17(16)19(23)20-14(2)11-12-21/h3-10,14,21H,11-12H2,1-2H3,(H,20,23). The van der Waals surface area contributed by atoms with E-state index in [0.29, 0.717) is 23.1 Å². The summed E-state index contributed by atoms with van der Waals surface area (Å²) in [5.41, 5.74) is 2.36. The van der Waals surface area contributed by atoms with Gasteiger partial charge in [0, 0.05) is 23.8 Å². The number of carbonyl (C=O) groups is 2. The molecule has 0 aliphatic rings. The topological polar surface area (TPSA) is 66.4 Å². The Bertz CT molecular complexity index is 692. The van der Waals surface area contributed by atoms with E-state index in [0.717, 1.165) is 5.56 Å². The summed E-state index contributed by atoms with van der Waals surface area (Å²) in [7, 11) is 0. The van der Waals surface area contributed by atoms with E-state index in [1.165, 1.54) is 0 Å². The van der Waals surface area contributed by atoms with Gasteiger partial charge in [-0.15, -0.1) is 0 Å². The highest BCUT2D eigenvalue weighted by molar-refractivity contribution is 6.15. The summed E-state index contributed by atoms with van der Waals surface area (Å²) in [5.74, 6) is -0.479. The van der Waals surface area contributed by atoms with Crippen LogP contribution < -0.4 is 5.32 Å². The van der Waals surface area contributed by atoms with Crippen molar-refractivity contribution < 1.29 is 14.7 Å². The van der Waals surface area contributed by atoms with E-state index in [1.54, 1.807) is 36.4 Å². The van der Waals surface area contributed by atoms with E-state index in [2.05, 4.69) is 5.32 Å².